The largest absolute Gasteiger partial charge is 0.480 e. The number of rotatable bonds is 11. The first-order chi connectivity index (χ1) is 9.74. The summed E-state index contributed by atoms with van der Waals surface area (Å²) in [5.74, 6) is 0.286. The normalized spacial score (nSPS) is 22.9. The van der Waals surface area contributed by atoms with Gasteiger partial charge in [0.25, 0.3) is 0 Å². The molecule has 0 bridgehead atoms. The second-order valence-corrected chi connectivity index (χ2v) is 7.13. The van der Waals surface area contributed by atoms with E-state index in [4.69, 9.17) is 5.11 Å². The van der Waals surface area contributed by atoms with E-state index in [1.165, 1.54) is 57.8 Å². The average molecular weight is 301 g/mol. The van der Waals surface area contributed by atoms with E-state index in [9.17, 15) is 4.79 Å². The van der Waals surface area contributed by atoms with Crippen molar-refractivity contribution < 1.29 is 9.90 Å². The average Bonchev–Trinajstić information content (AvgIpc) is 2.46. The number of unbranched alkanes of at least 4 members (excludes halogenated alkanes) is 8. The van der Waals surface area contributed by atoms with Crippen LogP contribution in [-0.2, 0) is 4.79 Å². The van der Waals surface area contributed by atoms with E-state index in [1.54, 1.807) is 0 Å². The summed E-state index contributed by atoms with van der Waals surface area (Å²) in [6.45, 7) is 2.26. The van der Waals surface area contributed by atoms with Crippen LogP contribution < -0.4 is 5.32 Å². The minimum atomic E-state index is -0.692. The lowest BCUT2D eigenvalue weighted by molar-refractivity contribution is -0.139. The van der Waals surface area contributed by atoms with Gasteiger partial charge < -0.3 is 5.11 Å². The molecular formula is C16H31NO2S. The Hall–Kier alpha value is -0.220. The summed E-state index contributed by atoms with van der Waals surface area (Å²) in [5, 5.41) is 12.6. The number of aliphatic carboxylic acids is 1. The molecule has 4 heteroatoms. The Bertz CT molecular complexity index is 261. The van der Waals surface area contributed by atoms with Crippen LogP contribution in [0.5, 0.6) is 0 Å². The Kier molecular flexibility index (Phi) is 10.2. The maximum atomic E-state index is 11.0. The van der Waals surface area contributed by atoms with Crippen molar-refractivity contribution in [2.24, 2.45) is 0 Å². The van der Waals surface area contributed by atoms with Gasteiger partial charge in [-0.2, -0.15) is 0 Å². The van der Waals surface area contributed by atoms with Gasteiger partial charge in [0.2, 0.25) is 0 Å². The molecule has 1 fully saturated rings. The third-order valence-corrected chi connectivity index (χ3v) is 5.23. The number of hydrogen-bond acceptors (Lipinski definition) is 3. The Morgan fingerprint density at radius 3 is 2.30 bits per heavy atom. The summed E-state index contributed by atoms with van der Waals surface area (Å²) in [7, 11) is 0. The molecule has 1 saturated heterocycles. The Morgan fingerprint density at radius 1 is 1.10 bits per heavy atom. The lowest BCUT2D eigenvalue weighted by Crippen LogP contribution is -2.45. The van der Waals surface area contributed by atoms with E-state index in [-0.39, 0.29) is 6.04 Å². The summed E-state index contributed by atoms with van der Waals surface area (Å²) in [6.07, 6.45) is 14.0. The van der Waals surface area contributed by atoms with E-state index < -0.39 is 5.97 Å². The molecule has 0 aromatic carbocycles. The van der Waals surface area contributed by atoms with Gasteiger partial charge in [-0.15, -0.1) is 11.8 Å². The van der Waals surface area contributed by atoms with Crippen molar-refractivity contribution in [2.75, 3.05) is 5.75 Å². The maximum absolute atomic E-state index is 11.0. The highest BCUT2D eigenvalue weighted by Gasteiger charge is 2.25. The lowest BCUT2D eigenvalue weighted by Gasteiger charge is -2.28. The highest BCUT2D eigenvalue weighted by Crippen LogP contribution is 2.23. The van der Waals surface area contributed by atoms with Gasteiger partial charge in [0.1, 0.15) is 6.04 Å². The van der Waals surface area contributed by atoms with Crippen LogP contribution >= 0.6 is 11.8 Å². The van der Waals surface area contributed by atoms with Gasteiger partial charge in [-0.25, -0.2) is 0 Å². The molecule has 2 atom stereocenters. The first kappa shape index (κ1) is 17.8. The first-order valence-corrected chi connectivity index (χ1v) is 9.39. The summed E-state index contributed by atoms with van der Waals surface area (Å²) in [4.78, 5) is 11.0. The van der Waals surface area contributed by atoms with Crippen molar-refractivity contribution in [3.8, 4) is 0 Å². The molecule has 118 valence electrons. The van der Waals surface area contributed by atoms with Gasteiger partial charge >= 0.3 is 5.97 Å². The van der Waals surface area contributed by atoms with Crippen molar-refractivity contribution in [3.05, 3.63) is 0 Å². The molecular weight excluding hydrogens is 270 g/mol. The standard InChI is InChI=1S/C16H31NO2S/c1-2-3-4-5-6-7-8-9-10-11-15-17-14(16(18)19)12-13-20-15/h14-15,17H,2-13H2,1H3,(H,18,19)/t14-,15-/m0/s1. The molecule has 0 aromatic heterocycles. The second-order valence-electron chi connectivity index (χ2n) is 5.82. The predicted octanol–water partition coefficient (Wildman–Crippen LogP) is 4.41. The van der Waals surface area contributed by atoms with Crippen LogP contribution in [0.2, 0.25) is 0 Å². The number of thioether (sulfide) groups is 1. The van der Waals surface area contributed by atoms with Crippen molar-refractivity contribution in [1.29, 1.82) is 0 Å². The van der Waals surface area contributed by atoms with Gasteiger partial charge in [0, 0.05) is 0 Å². The van der Waals surface area contributed by atoms with Gasteiger partial charge in [-0.3, -0.25) is 10.1 Å². The van der Waals surface area contributed by atoms with Gasteiger partial charge in [-0.05, 0) is 18.6 Å². The Morgan fingerprint density at radius 2 is 1.70 bits per heavy atom. The fourth-order valence-electron chi connectivity index (χ4n) is 2.69. The van der Waals surface area contributed by atoms with Crippen LogP contribution in [0.4, 0.5) is 0 Å². The molecule has 0 saturated carbocycles. The van der Waals surface area contributed by atoms with Crippen molar-refractivity contribution >= 4 is 17.7 Å². The Labute approximate surface area is 128 Å². The fraction of sp³-hybridized carbons (Fsp3) is 0.938. The van der Waals surface area contributed by atoms with Crippen LogP contribution in [0.3, 0.4) is 0 Å². The Balaban J connectivity index is 1.92. The zero-order valence-electron chi connectivity index (χ0n) is 12.9. The molecule has 20 heavy (non-hydrogen) atoms. The van der Waals surface area contributed by atoms with Crippen molar-refractivity contribution in [1.82, 2.24) is 5.32 Å². The minimum Gasteiger partial charge on any atom is -0.480 e. The minimum absolute atomic E-state index is 0.320. The zero-order chi connectivity index (χ0) is 14.6. The molecule has 1 heterocycles. The molecule has 0 amide bonds. The van der Waals surface area contributed by atoms with E-state index in [2.05, 4.69) is 12.2 Å². The summed E-state index contributed by atoms with van der Waals surface area (Å²) < 4.78 is 0. The molecule has 1 aliphatic rings. The van der Waals surface area contributed by atoms with Crippen LogP contribution in [0.25, 0.3) is 0 Å². The summed E-state index contributed by atoms with van der Waals surface area (Å²) >= 11 is 1.89. The van der Waals surface area contributed by atoms with Gasteiger partial charge in [-0.1, -0.05) is 64.7 Å². The molecule has 0 aliphatic carbocycles. The zero-order valence-corrected chi connectivity index (χ0v) is 13.7. The van der Waals surface area contributed by atoms with Gasteiger partial charge in [0.15, 0.2) is 0 Å². The molecule has 0 unspecified atom stereocenters. The van der Waals surface area contributed by atoms with E-state index in [0.717, 1.165) is 18.6 Å². The monoisotopic (exact) mass is 301 g/mol. The van der Waals surface area contributed by atoms with Crippen molar-refractivity contribution in [3.63, 3.8) is 0 Å². The van der Waals surface area contributed by atoms with E-state index in [0.29, 0.717) is 5.37 Å². The van der Waals surface area contributed by atoms with Crippen LogP contribution in [-0.4, -0.2) is 28.2 Å². The molecule has 0 radical (unpaired) electrons. The second kappa shape index (κ2) is 11.4. The summed E-state index contributed by atoms with van der Waals surface area (Å²) in [6, 6.07) is -0.320. The number of carboxylic acids is 1. The highest BCUT2D eigenvalue weighted by molar-refractivity contribution is 7.99. The third-order valence-electron chi connectivity index (χ3n) is 3.98. The quantitative estimate of drug-likeness (QED) is 0.555. The van der Waals surface area contributed by atoms with E-state index in [1.807, 2.05) is 11.8 Å². The molecule has 0 spiro atoms. The lowest BCUT2D eigenvalue weighted by atomic mass is 10.1. The maximum Gasteiger partial charge on any atom is 0.320 e. The van der Waals surface area contributed by atoms with Gasteiger partial charge in [0.05, 0.1) is 5.37 Å². The number of hydrogen-bond donors (Lipinski definition) is 2. The number of carbonyl (C=O) groups is 1. The van der Waals surface area contributed by atoms with Crippen molar-refractivity contribution in [2.45, 2.75) is 89.0 Å². The summed E-state index contributed by atoms with van der Waals surface area (Å²) in [5.41, 5.74) is 0. The first-order valence-electron chi connectivity index (χ1n) is 8.34. The molecule has 2 N–H and O–H groups in total. The molecule has 3 nitrogen and oxygen atoms in total. The predicted molar refractivity (Wildman–Crippen MR) is 87.3 cm³/mol. The van der Waals surface area contributed by atoms with Crippen LogP contribution in [0, 0.1) is 0 Å². The molecule has 0 aromatic rings. The number of nitrogens with one attached hydrogen (secondary N) is 1. The van der Waals surface area contributed by atoms with E-state index >= 15 is 0 Å². The third kappa shape index (κ3) is 8.15. The smallest absolute Gasteiger partial charge is 0.320 e. The number of carboxylic acid groups (broad SMARTS) is 1. The molecule has 1 aliphatic heterocycles. The fourth-order valence-corrected chi connectivity index (χ4v) is 3.94. The topological polar surface area (TPSA) is 49.3 Å². The molecule has 1 rings (SSSR count). The van der Waals surface area contributed by atoms with Crippen LogP contribution in [0.1, 0.15) is 77.6 Å². The van der Waals surface area contributed by atoms with Crippen LogP contribution in [0.15, 0.2) is 0 Å². The highest BCUT2D eigenvalue weighted by atomic mass is 32.2. The SMILES string of the molecule is CCCCCCCCCCC[C@H]1N[C@H](C(=O)O)CCS1.